The molecule has 54 heavy (non-hydrogen) atoms. The summed E-state index contributed by atoms with van der Waals surface area (Å²) in [6.07, 6.45) is 0. The molecule has 1 aliphatic rings. The first-order valence-corrected chi connectivity index (χ1v) is 19.3. The molecule has 0 spiro atoms. The van der Waals surface area contributed by atoms with Crippen molar-refractivity contribution in [3.8, 4) is 16.8 Å². The summed E-state index contributed by atoms with van der Waals surface area (Å²) in [6.45, 7) is 0. The van der Waals surface area contributed by atoms with Gasteiger partial charge in [0.05, 0.1) is 21.1 Å². The minimum Gasteiger partial charge on any atom is -0.308 e. The summed E-state index contributed by atoms with van der Waals surface area (Å²) in [5, 5.41) is 4.89. The van der Waals surface area contributed by atoms with Crippen molar-refractivity contribution in [3.63, 3.8) is 0 Å². The van der Waals surface area contributed by atoms with Gasteiger partial charge >= 0.3 is 0 Å². The number of aromatic nitrogens is 1. The Labute approximate surface area is 318 Å². The van der Waals surface area contributed by atoms with Gasteiger partial charge in [0.25, 0.3) is 0 Å². The molecule has 0 atom stereocenters. The van der Waals surface area contributed by atoms with Crippen molar-refractivity contribution in [2.75, 3.05) is 4.90 Å². The minimum absolute atomic E-state index is 0.486. The monoisotopic (exact) mass is 706 g/mol. The molecule has 0 unspecified atom stereocenters. The van der Waals surface area contributed by atoms with Crippen molar-refractivity contribution in [2.45, 2.75) is 5.41 Å². The molecule has 2 heterocycles. The molecule has 254 valence electrons. The van der Waals surface area contributed by atoms with Crippen LogP contribution >= 0.6 is 11.3 Å². The first-order valence-electron chi connectivity index (χ1n) is 18.5. The fourth-order valence-corrected chi connectivity index (χ4v) is 10.2. The molecule has 0 bridgehead atoms. The summed E-state index contributed by atoms with van der Waals surface area (Å²) in [6, 6.07) is 75.7. The summed E-state index contributed by atoms with van der Waals surface area (Å²) >= 11 is 1.86. The molecule has 2 aromatic heterocycles. The lowest BCUT2D eigenvalue weighted by atomic mass is 9.67. The summed E-state index contributed by atoms with van der Waals surface area (Å²) in [5.41, 5.74) is 13.1. The molecule has 0 amide bonds. The lowest BCUT2D eigenvalue weighted by molar-refractivity contribution is 0.768. The van der Waals surface area contributed by atoms with Crippen molar-refractivity contribution >= 4 is 59.6 Å². The molecule has 11 rings (SSSR count). The van der Waals surface area contributed by atoms with Crippen molar-refractivity contribution in [1.82, 2.24) is 4.57 Å². The standard InChI is InChI=1S/C51H34N2S/c1-4-18-37(19-5-1)51(38-20-6-2-7-21-38)45-26-14-12-24-42(45)43-31-30-41(33-46(43)51)52(40-29-28-35-16-10-11-17-36(35)32-40)49-34-48-50(54-49)44-25-13-15-27-47(44)53(48)39-22-8-3-9-23-39/h1-34H. The first kappa shape index (κ1) is 30.9. The lowest BCUT2D eigenvalue weighted by Gasteiger charge is -2.34. The molecular formula is C51H34N2S. The quantitative estimate of drug-likeness (QED) is 0.167. The number of para-hydroxylation sites is 2. The maximum Gasteiger partial charge on any atom is 0.103 e. The summed E-state index contributed by atoms with van der Waals surface area (Å²) < 4.78 is 3.70. The molecule has 0 N–H and O–H groups in total. The molecule has 8 aromatic carbocycles. The van der Waals surface area contributed by atoms with Gasteiger partial charge in [-0.3, -0.25) is 0 Å². The Morgan fingerprint density at radius 3 is 1.80 bits per heavy atom. The maximum atomic E-state index is 2.48. The Bertz CT molecular complexity index is 2950. The summed E-state index contributed by atoms with van der Waals surface area (Å²) in [5.74, 6) is 0. The highest BCUT2D eigenvalue weighted by atomic mass is 32.1. The predicted octanol–water partition coefficient (Wildman–Crippen LogP) is 13.8. The zero-order valence-electron chi connectivity index (χ0n) is 29.4. The van der Waals surface area contributed by atoms with E-state index in [0.29, 0.717) is 0 Å². The van der Waals surface area contributed by atoms with Crippen LogP contribution in [0.25, 0.3) is 48.7 Å². The molecule has 0 aliphatic heterocycles. The fraction of sp³-hybridized carbons (Fsp3) is 0.0196. The second kappa shape index (κ2) is 12.2. The van der Waals surface area contributed by atoms with Crippen LogP contribution in [0.1, 0.15) is 22.3 Å². The Morgan fingerprint density at radius 1 is 0.426 bits per heavy atom. The number of thiophene rings is 1. The van der Waals surface area contributed by atoms with Crippen molar-refractivity contribution in [2.24, 2.45) is 0 Å². The van der Waals surface area contributed by atoms with Crippen LogP contribution in [0.4, 0.5) is 16.4 Å². The number of anilines is 3. The molecule has 0 saturated heterocycles. The average Bonchev–Trinajstić information content (AvgIpc) is 3.89. The van der Waals surface area contributed by atoms with E-state index in [2.05, 4.69) is 216 Å². The van der Waals surface area contributed by atoms with Crippen LogP contribution in [0.3, 0.4) is 0 Å². The van der Waals surface area contributed by atoms with Gasteiger partial charge in [-0.2, -0.15) is 0 Å². The SMILES string of the molecule is c1ccc(-n2c3ccccc3c3sc(N(c4ccc5c(c4)C(c4ccccc4)(c4ccccc4)c4ccccc4-5)c4ccc5ccccc5c4)cc32)cc1. The normalized spacial score (nSPS) is 13.0. The van der Waals surface area contributed by atoms with Crippen molar-refractivity contribution < 1.29 is 0 Å². The molecule has 0 radical (unpaired) electrons. The smallest absolute Gasteiger partial charge is 0.103 e. The highest BCUT2D eigenvalue weighted by Crippen LogP contribution is 2.57. The Kier molecular flexibility index (Phi) is 6.98. The molecule has 0 saturated carbocycles. The molecule has 0 fully saturated rings. The van der Waals surface area contributed by atoms with Crippen molar-refractivity contribution in [1.29, 1.82) is 0 Å². The van der Waals surface area contributed by atoms with Gasteiger partial charge in [0.15, 0.2) is 0 Å². The maximum absolute atomic E-state index is 2.48. The van der Waals surface area contributed by atoms with Gasteiger partial charge in [-0.05, 0) is 92.7 Å². The number of rotatable bonds is 6. The third-order valence-electron chi connectivity index (χ3n) is 11.3. The largest absolute Gasteiger partial charge is 0.308 e. The number of nitrogens with zero attached hydrogens (tertiary/aromatic N) is 2. The highest BCUT2D eigenvalue weighted by Gasteiger charge is 2.46. The minimum atomic E-state index is -0.486. The molecule has 3 heteroatoms. The Hall–Kier alpha value is -6.68. The molecule has 10 aromatic rings. The van der Waals surface area contributed by atoms with Crippen LogP contribution in [0, 0.1) is 0 Å². The van der Waals surface area contributed by atoms with E-state index in [1.165, 1.54) is 70.3 Å². The first-order chi connectivity index (χ1) is 26.8. The van der Waals surface area contributed by atoms with Crippen LogP contribution < -0.4 is 4.90 Å². The molecule has 1 aliphatic carbocycles. The summed E-state index contributed by atoms with van der Waals surface area (Å²) in [4.78, 5) is 2.48. The van der Waals surface area contributed by atoms with E-state index in [-0.39, 0.29) is 0 Å². The van der Waals surface area contributed by atoms with E-state index >= 15 is 0 Å². The van der Waals surface area contributed by atoms with E-state index in [4.69, 9.17) is 0 Å². The van der Waals surface area contributed by atoms with E-state index in [1.807, 2.05) is 11.3 Å². The zero-order valence-corrected chi connectivity index (χ0v) is 30.2. The van der Waals surface area contributed by atoms with Crippen molar-refractivity contribution in [3.05, 3.63) is 229 Å². The van der Waals surface area contributed by atoms with E-state index in [9.17, 15) is 0 Å². The lowest BCUT2D eigenvalue weighted by Crippen LogP contribution is -2.28. The molecule has 2 nitrogen and oxygen atoms in total. The predicted molar refractivity (Wildman–Crippen MR) is 228 cm³/mol. The van der Waals surface area contributed by atoms with Gasteiger partial charge in [-0.25, -0.2) is 0 Å². The van der Waals surface area contributed by atoms with Gasteiger partial charge in [0.2, 0.25) is 0 Å². The number of fused-ring (bicyclic) bond motifs is 7. The fourth-order valence-electron chi connectivity index (χ4n) is 8.97. The summed E-state index contributed by atoms with van der Waals surface area (Å²) in [7, 11) is 0. The average molecular weight is 707 g/mol. The van der Waals surface area contributed by atoms with E-state index < -0.39 is 5.41 Å². The van der Waals surface area contributed by atoms with Gasteiger partial charge in [0.1, 0.15) is 5.00 Å². The number of benzene rings is 8. The zero-order chi connectivity index (χ0) is 35.6. The number of hydrogen-bond acceptors (Lipinski definition) is 2. The van der Waals surface area contributed by atoms with Gasteiger partial charge in [-0.1, -0.05) is 158 Å². The van der Waals surface area contributed by atoms with Crippen LogP contribution in [-0.2, 0) is 5.41 Å². The van der Waals surface area contributed by atoms with Crippen LogP contribution in [0.15, 0.2) is 206 Å². The van der Waals surface area contributed by atoms with E-state index in [0.717, 1.165) is 17.1 Å². The van der Waals surface area contributed by atoms with E-state index in [1.54, 1.807) is 0 Å². The number of hydrogen-bond donors (Lipinski definition) is 0. The second-order valence-electron chi connectivity index (χ2n) is 14.1. The van der Waals surface area contributed by atoms with Crippen LogP contribution in [0.5, 0.6) is 0 Å². The Balaban J connectivity index is 1.20. The topological polar surface area (TPSA) is 8.17 Å². The van der Waals surface area contributed by atoms with Crippen LogP contribution in [-0.4, -0.2) is 4.57 Å². The molecular weight excluding hydrogens is 673 g/mol. The second-order valence-corrected chi connectivity index (χ2v) is 15.1. The van der Waals surface area contributed by atoms with Gasteiger partial charge in [0, 0.05) is 22.4 Å². The third-order valence-corrected chi connectivity index (χ3v) is 12.4. The third kappa shape index (κ3) is 4.52. The highest BCUT2D eigenvalue weighted by molar-refractivity contribution is 7.24. The Morgan fingerprint density at radius 2 is 1.02 bits per heavy atom. The van der Waals surface area contributed by atoms with Crippen LogP contribution in [0.2, 0.25) is 0 Å². The van der Waals surface area contributed by atoms with Gasteiger partial charge < -0.3 is 9.47 Å². The van der Waals surface area contributed by atoms with Gasteiger partial charge in [-0.15, -0.1) is 11.3 Å².